The van der Waals surface area contributed by atoms with Crippen LogP contribution in [0.4, 0.5) is 0 Å². The minimum atomic E-state index is 0.655. The Bertz CT molecular complexity index is 350. The van der Waals surface area contributed by atoms with Crippen LogP contribution in [-0.4, -0.2) is 26.8 Å². The second-order valence-electron chi connectivity index (χ2n) is 3.79. The SMILES string of the molecule is CNCCc1cc(C)c2c(c1)OCCO2. The van der Waals surface area contributed by atoms with E-state index < -0.39 is 0 Å². The molecular weight excluding hydrogens is 190 g/mol. The van der Waals surface area contributed by atoms with E-state index in [4.69, 9.17) is 9.47 Å². The van der Waals surface area contributed by atoms with Gasteiger partial charge in [0.25, 0.3) is 0 Å². The molecule has 0 bridgehead atoms. The molecule has 2 rings (SSSR count). The first-order valence-corrected chi connectivity index (χ1v) is 5.35. The fraction of sp³-hybridized carbons (Fsp3) is 0.500. The van der Waals surface area contributed by atoms with Crippen molar-refractivity contribution in [1.29, 1.82) is 0 Å². The monoisotopic (exact) mass is 207 g/mol. The summed E-state index contributed by atoms with van der Waals surface area (Å²) in [5.74, 6) is 1.81. The van der Waals surface area contributed by atoms with Crippen molar-refractivity contribution in [3.05, 3.63) is 23.3 Å². The fourth-order valence-corrected chi connectivity index (χ4v) is 1.81. The van der Waals surface area contributed by atoms with Gasteiger partial charge in [0.05, 0.1) is 0 Å². The van der Waals surface area contributed by atoms with Crippen LogP contribution >= 0.6 is 0 Å². The molecular formula is C12H17NO2. The molecule has 0 atom stereocenters. The van der Waals surface area contributed by atoms with Gasteiger partial charge in [0.2, 0.25) is 0 Å². The topological polar surface area (TPSA) is 30.5 Å². The Balaban J connectivity index is 2.24. The van der Waals surface area contributed by atoms with Crippen LogP contribution in [0.1, 0.15) is 11.1 Å². The number of rotatable bonds is 3. The van der Waals surface area contributed by atoms with E-state index in [1.807, 2.05) is 7.05 Å². The molecule has 0 amide bonds. The zero-order chi connectivity index (χ0) is 10.7. The zero-order valence-electron chi connectivity index (χ0n) is 9.30. The molecule has 1 aromatic rings. The first-order chi connectivity index (χ1) is 7.31. The highest BCUT2D eigenvalue weighted by molar-refractivity contribution is 5.49. The molecule has 0 radical (unpaired) electrons. The molecule has 1 heterocycles. The summed E-state index contributed by atoms with van der Waals surface area (Å²) in [5, 5.41) is 3.14. The van der Waals surface area contributed by atoms with Gasteiger partial charge in [-0.25, -0.2) is 0 Å². The molecule has 15 heavy (non-hydrogen) atoms. The molecule has 1 aliphatic rings. The third kappa shape index (κ3) is 2.23. The number of hydrogen-bond acceptors (Lipinski definition) is 3. The van der Waals surface area contributed by atoms with Gasteiger partial charge in [-0.2, -0.15) is 0 Å². The highest BCUT2D eigenvalue weighted by Crippen LogP contribution is 2.34. The maximum atomic E-state index is 5.58. The van der Waals surface area contributed by atoms with Crippen LogP contribution in [0.3, 0.4) is 0 Å². The summed E-state index contributed by atoms with van der Waals surface area (Å²) in [5.41, 5.74) is 2.46. The normalized spacial score (nSPS) is 14.0. The Morgan fingerprint density at radius 1 is 1.27 bits per heavy atom. The molecule has 0 fully saturated rings. The lowest BCUT2D eigenvalue weighted by molar-refractivity contribution is 0.170. The summed E-state index contributed by atoms with van der Waals surface area (Å²) >= 11 is 0. The van der Waals surface area contributed by atoms with Crippen LogP contribution in [0.5, 0.6) is 11.5 Å². The van der Waals surface area contributed by atoms with Gasteiger partial charge in [0, 0.05) is 0 Å². The second-order valence-corrected chi connectivity index (χ2v) is 3.79. The van der Waals surface area contributed by atoms with E-state index in [9.17, 15) is 0 Å². The molecule has 3 heteroatoms. The van der Waals surface area contributed by atoms with Crippen molar-refractivity contribution in [3.8, 4) is 11.5 Å². The largest absolute Gasteiger partial charge is 0.486 e. The first kappa shape index (κ1) is 10.3. The van der Waals surface area contributed by atoms with Crippen LogP contribution in [0.15, 0.2) is 12.1 Å². The molecule has 0 saturated heterocycles. The van der Waals surface area contributed by atoms with Crippen molar-refractivity contribution in [3.63, 3.8) is 0 Å². The molecule has 1 N–H and O–H groups in total. The Kier molecular flexibility index (Phi) is 3.11. The zero-order valence-corrected chi connectivity index (χ0v) is 9.30. The third-order valence-corrected chi connectivity index (χ3v) is 2.55. The summed E-state index contributed by atoms with van der Waals surface area (Å²) in [4.78, 5) is 0. The van der Waals surface area contributed by atoms with E-state index >= 15 is 0 Å². The van der Waals surface area contributed by atoms with Gasteiger partial charge in [0.15, 0.2) is 11.5 Å². The quantitative estimate of drug-likeness (QED) is 0.815. The van der Waals surface area contributed by atoms with Crippen LogP contribution in [0.25, 0.3) is 0 Å². The van der Waals surface area contributed by atoms with E-state index in [-0.39, 0.29) is 0 Å². The van der Waals surface area contributed by atoms with Gasteiger partial charge in [0.1, 0.15) is 13.2 Å². The molecule has 1 aromatic carbocycles. The van der Waals surface area contributed by atoms with E-state index in [2.05, 4.69) is 24.4 Å². The van der Waals surface area contributed by atoms with Crippen LogP contribution in [0.2, 0.25) is 0 Å². The fourth-order valence-electron chi connectivity index (χ4n) is 1.81. The van der Waals surface area contributed by atoms with E-state index in [0.29, 0.717) is 13.2 Å². The predicted octanol–water partition coefficient (Wildman–Crippen LogP) is 1.53. The van der Waals surface area contributed by atoms with Crippen molar-refractivity contribution in [2.75, 3.05) is 26.8 Å². The van der Waals surface area contributed by atoms with E-state index in [1.165, 1.54) is 11.1 Å². The second kappa shape index (κ2) is 4.53. The molecule has 0 aromatic heterocycles. The maximum Gasteiger partial charge on any atom is 0.164 e. The van der Waals surface area contributed by atoms with Gasteiger partial charge in [-0.05, 0) is 44.1 Å². The lowest BCUT2D eigenvalue weighted by Crippen LogP contribution is -2.17. The molecule has 0 saturated carbocycles. The Labute approximate surface area is 90.4 Å². The van der Waals surface area contributed by atoms with Gasteiger partial charge < -0.3 is 14.8 Å². The molecule has 0 unspecified atom stereocenters. The minimum absolute atomic E-state index is 0.655. The average molecular weight is 207 g/mol. The lowest BCUT2D eigenvalue weighted by atomic mass is 10.1. The highest BCUT2D eigenvalue weighted by atomic mass is 16.6. The van der Waals surface area contributed by atoms with Crippen molar-refractivity contribution in [2.24, 2.45) is 0 Å². The number of benzene rings is 1. The molecule has 3 nitrogen and oxygen atoms in total. The summed E-state index contributed by atoms with van der Waals surface area (Å²) in [7, 11) is 1.96. The highest BCUT2D eigenvalue weighted by Gasteiger charge is 2.14. The molecule has 82 valence electrons. The number of fused-ring (bicyclic) bond motifs is 1. The predicted molar refractivity (Wildman–Crippen MR) is 59.8 cm³/mol. The van der Waals surface area contributed by atoms with Crippen molar-refractivity contribution < 1.29 is 9.47 Å². The summed E-state index contributed by atoms with van der Waals surface area (Å²) in [6, 6.07) is 4.25. The Morgan fingerprint density at radius 2 is 2.07 bits per heavy atom. The minimum Gasteiger partial charge on any atom is -0.486 e. The number of hydrogen-bond donors (Lipinski definition) is 1. The van der Waals surface area contributed by atoms with Crippen molar-refractivity contribution in [1.82, 2.24) is 5.32 Å². The van der Waals surface area contributed by atoms with Crippen molar-refractivity contribution in [2.45, 2.75) is 13.3 Å². The van der Waals surface area contributed by atoms with Crippen molar-refractivity contribution >= 4 is 0 Å². The summed E-state index contributed by atoms with van der Waals surface area (Å²) in [6.07, 6.45) is 1.02. The van der Waals surface area contributed by atoms with E-state index in [0.717, 1.165) is 24.5 Å². The third-order valence-electron chi connectivity index (χ3n) is 2.55. The molecule has 0 spiro atoms. The molecule has 1 aliphatic heterocycles. The Morgan fingerprint density at radius 3 is 2.87 bits per heavy atom. The lowest BCUT2D eigenvalue weighted by Gasteiger charge is -2.21. The standard InChI is InChI=1S/C12H17NO2/c1-9-7-10(3-4-13-2)8-11-12(9)15-6-5-14-11/h7-8,13H,3-6H2,1-2H3. The van der Waals surface area contributed by atoms with Gasteiger partial charge in [-0.1, -0.05) is 6.07 Å². The maximum absolute atomic E-state index is 5.58. The number of aryl methyl sites for hydroxylation is 1. The van der Waals surface area contributed by atoms with E-state index in [1.54, 1.807) is 0 Å². The number of nitrogens with one attached hydrogen (secondary N) is 1. The van der Waals surface area contributed by atoms with Crippen LogP contribution in [0, 0.1) is 6.92 Å². The number of likely N-dealkylation sites (N-methyl/N-ethyl adjacent to an activating group) is 1. The summed E-state index contributed by atoms with van der Waals surface area (Å²) < 4.78 is 11.2. The van der Waals surface area contributed by atoms with Crippen LogP contribution < -0.4 is 14.8 Å². The van der Waals surface area contributed by atoms with Gasteiger partial charge >= 0.3 is 0 Å². The van der Waals surface area contributed by atoms with Gasteiger partial charge in [-0.15, -0.1) is 0 Å². The Hall–Kier alpha value is -1.22. The molecule has 0 aliphatic carbocycles. The number of ether oxygens (including phenoxy) is 2. The average Bonchev–Trinajstić information content (AvgIpc) is 2.26. The van der Waals surface area contributed by atoms with Gasteiger partial charge in [-0.3, -0.25) is 0 Å². The summed E-state index contributed by atoms with van der Waals surface area (Å²) in [6.45, 7) is 4.36. The first-order valence-electron chi connectivity index (χ1n) is 5.35. The smallest absolute Gasteiger partial charge is 0.164 e. The van der Waals surface area contributed by atoms with Crippen LogP contribution in [-0.2, 0) is 6.42 Å².